The maximum Gasteiger partial charge on any atom is 0.226 e. The van der Waals surface area contributed by atoms with Crippen LogP contribution in [0.2, 0.25) is 0 Å². The molecule has 0 aliphatic carbocycles. The lowest BCUT2D eigenvalue weighted by Gasteiger charge is -2.21. The van der Waals surface area contributed by atoms with Crippen LogP contribution in [0.1, 0.15) is 26.5 Å². The van der Waals surface area contributed by atoms with Gasteiger partial charge < -0.3 is 20.0 Å². The number of rotatable bonds is 8. The zero-order valence-electron chi connectivity index (χ0n) is 16.0. The molecule has 0 radical (unpaired) electrons. The monoisotopic (exact) mass is 471 g/mol. The van der Waals surface area contributed by atoms with Gasteiger partial charge in [-0.1, -0.05) is 18.2 Å². The highest BCUT2D eigenvalue weighted by Crippen LogP contribution is 2.18. The molecular weight excluding hydrogens is 441 g/mol. The molecule has 0 unspecified atom stereocenters. The molecule has 2 N–H and O–H groups in total. The minimum atomic E-state index is 0. The van der Waals surface area contributed by atoms with Gasteiger partial charge in [-0.05, 0) is 40.0 Å². The average molecular weight is 471 g/mol. The van der Waals surface area contributed by atoms with Gasteiger partial charge in [0.15, 0.2) is 5.96 Å². The van der Waals surface area contributed by atoms with Crippen molar-refractivity contribution in [1.29, 1.82) is 0 Å². The summed E-state index contributed by atoms with van der Waals surface area (Å²) in [6.45, 7) is 9.54. The summed E-state index contributed by atoms with van der Waals surface area (Å²) in [5.74, 6) is 1.42. The number of aromatic nitrogens is 1. The standard InChI is InChI=1S/C19H29N5O.HI/c1-5-20-19(21-11-12-24(4)15(2)3)22-13-17-14-25-18(23-17)16-9-7-6-8-10-16;/h6-10,14-15H,5,11-13H2,1-4H3,(H2,20,21,22);1H. The molecule has 0 aliphatic rings. The van der Waals surface area contributed by atoms with Crippen molar-refractivity contribution >= 4 is 29.9 Å². The number of oxazole rings is 1. The maximum absolute atomic E-state index is 5.55. The van der Waals surface area contributed by atoms with Gasteiger partial charge in [-0.15, -0.1) is 24.0 Å². The van der Waals surface area contributed by atoms with Gasteiger partial charge in [0.25, 0.3) is 0 Å². The molecule has 0 aliphatic heterocycles. The number of nitrogens with one attached hydrogen (secondary N) is 2. The van der Waals surface area contributed by atoms with Crippen molar-refractivity contribution in [1.82, 2.24) is 20.5 Å². The van der Waals surface area contributed by atoms with Gasteiger partial charge >= 0.3 is 0 Å². The molecule has 1 aromatic heterocycles. The lowest BCUT2D eigenvalue weighted by atomic mass is 10.2. The molecule has 1 heterocycles. The Hall–Kier alpha value is -1.61. The molecule has 0 saturated carbocycles. The van der Waals surface area contributed by atoms with Gasteiger partial charge in [0.1, 0.15) is 12.0 Å². The quantitative estimate of drug-likeness (QED) is 0.351. The first-order valence-corrected chi connectivity index (χ1v) is 8.82. The number of aliphatic imine (C=N–C) groups is 1. The van der Waals surface area contributed by atoms with Crippen LogP contribution >= 0.6 is 24.0 Å². The van der Waals surface area contributed by atoms with Crippen LogP contribution in [0.25, 0.3) is 11.5 Å². The summed E-state index contributed by atoms with van der Waals surface area (Å²) in [6, 6.07) is 10.4. The van der Waals surface area contributed by atoms with E-state index in [0.29, 0.717) is 18.5 Å². The topological polar surface area (TPSA) is 65.7 Å². The summed E-state index contributed by atoms with van der Waals surface area (Å²) in [5.41, 5.74) is 1.79. The third-order valence-corrected chi connectivity index (χ3v) is 3.95. The normalized spacial score (nSPS) is 11.5. The fraction of sp³-hybridized carbons (Fsp3) is 0.474. The Labute approximate surface area is 173 Å². The molecule has 7 heteroatoms. The number of guanidine groups is 1. The number of halogens is 1. The van der Waals surface area contributed by atoms with E-state index in [0.717, 1.165) is 36.9 Å². The van der Waals surface area contributed by atoms with E-state index in [4.69, 9.17) is 4.42 Å². The van der Waals surface area contributed by atoms with E-state index in [-0.39, 0.29) is 24.0 Å². The predicted molar refractivity (Wildman–Crippen MR) is 118 cm³/mol. The summed E-state index contributed by atoms with van der Waals surface area (Å²) in [6.07, 6.45) is 1.67. The van der Waals surface area contributed by atoms with Gasteiger partial charge in [0, 0.05) is 31.2 Å². The second kappa shape index (κ2) is 11.9. The van der Waals surface area contributed by atoms with Gasteiger partial charge in [-0.2, -0.15) is 0 Å². The summed E-state index contributed by atoms with van der Waals surface area (Å²) in [4.78, 5) is 11.4. The second-order valence-electron chi connectivity index (χ2n) is 6.21. The zero-order valence-corrected chi connectivity index (χ0v) is 18.4. The van der Waals surface area contributed by atoms with Crippen molar-refractivity contribution in [2.45, 2.75) is 33.4 Å². The van der Waals surface area contributed by atoms with E-state index in [1.54, 1.807) is 6.26 Å². The van der Waals surface area contributed by atoms with Crippen molar-refractivity contribution in [3.63, 3.8) is 0 Å². The molecule has 26 heavy (non-hydrogen) atoms. The molecule has 0 saturated heterocycles. The summed E-state index contributed by atoms with van der Waals surface area (Å²) in [5, 5.41) is 6.61. The summed E-state index contributed by atoms with van der Waals surface area (Å²) in [7, 11) is 2.12. The lowest BCUT2D eigenvalue weighted by Crippen LogP contribution is -2.42. The van der Waals surface area contributed by atoms with Crippen LogP contribution in [0.4, 0.5) is 0 Å². The fourth-order valence-electron chi connectivity index (χ4n) is 2.20. The molecule has 144 valence electrons. The van der Waals surface area contributed by atoms with Crippen molar-refractivity contribution < 1.29 is 4.42 Å². The van der Waals surface area contributed by atoms with E-state index in [1.807, 2.05) is 30.3 Å². The van der Waals surface area contributed by atoms with Crippen LogP contribution in [-0.2, 0) is 6.54 Å². The van der Waals surface area contributed by atoms with Crippen LogP contribution in [-0.4, -0.2) is 48.6 Å². The number of benzene rings is 1. The molecule has 2 rings (SSSR count). The smallest absolute Gasteiger partial charge is 0.226 e. The van der Waals surface area contributed by atoms with Gasteiger partial charge in [0.05, 0.1) is 6.54 Å². The second-order valence-corrected chi connectivity index (χ2v) is 6.21. The molecule has 0 fully saturated rings. The number of hydrogen-bond acceptors (Lipinski definition) is 4. The zero-order chi connectivity index (χ0) is 18.1. The summed E-state index contributed by atoms with van der Waals surface area (Å²) >= 11 is 0. The number of hydrogen-bond donors (Lipinski definition) is 2. The van der Waals surface area contributed by atoms with Crippen LogP contribution in [0.5, 0.6) is 0 Å². The highest BCUT2D eigenvalue weighted by molar-refractivity contribution is 14.0. The molecule has 0 bridgehead atoms. The van der Waals surface area contributed by atoms with E-state index in [9.17, 15) is 0 Å². The number of likely N-dealkylation sites (N-methyl/N-ethyl adjacent to an activating group) is 1. The van der Waals surface area contributed by atoms with Crippen LogP contribution in [0, 0.1) is 0 Å². The molecule has 0 amide bonds. The molecule has 0 atom stereocenters. The molecule has 2 aromatic rings. The highest BCUT2D eigenvalue weighted by atomic mass is 127. The molecular formula is C19H30IN5O. The van der Waals surface area contributed by atoms with Gasteiger partial charge in [-0.3, -0.25) is 0 Å². The van der Waals surface area contributed by atoms with E-state index >= 15 is 0 Å². The van der Waals surface area contributed by atoms with Gasteiger partial charge in [-0.25, -0.2) is 9.98 Å². The van der Waals surface area contributed by atoms with E-state index < -0.39 is 0 Å². The van der Waals surface area contributed by atoms with Crippen molar-refractivity contribution in [3.05, 3.63) is 42.3 Å². The van der Waals surface area contributed by atoms with Crippen LogP contribution in [0.15, 0.2) is 46.0 Å². The third kappa shape index (κ3) is 7.33. The largest absolute Gasteiger partial charge is 0.444 e. The average Bonchev–Trinajstić information content (AvgIpc) is 3.09. The Kier molecular flexibility index (Phi) is 10.3. The third-order valence-electron chi connectivity index (χ3n) is 3.95. The lowest BCUT2D eigenvalue weighted by molar-refractivity contribution is 0.278. The van der Waals surface area contributed by atoms with Gasteiger partial charge in [0.2, 0.25) is 5.89 Å². The Morgan fingerprint density at radius 1 is 1.23 bits per heavy atom. The van der Waals surface area contributed by atoms with Crippen LogP contribution in [0.3, 0.4) is 0 Å². The van der Waals surface area contributed by atoms with Crippen molar-refractivity contribution in [3.8, 4) is 11.5 Å². The van der Waals surface area contributed by atoms with Crippen molar-refractivity contribution in [2.75, 3.05) is 26.7 Å². The van der Waals surface area contributed by atoms with Crippen LogP contribution < -0.4 is 10.6 Å². The fourth-order valence-corrected chi connectivity index (χ4v) is 2.20. The highest BCUT2D eigenvalue weighted by Gasteiger charge is 2.07. The van der Waals surface area contributed by atoms with Crippen molar-refractivity contribution in [2.24, 2.45) is 4.99 Å². The Balaban J connectivity index is 0.00000338. The molecule has 6 nitrogen and oxygen atoms in total. The first-order chi connectivity index (χ1) is 12.1. The Morgan fingerprint density at radius 2 is 1.96 bits per heavy atom. The minimum absolute atomic E-state index is 0. The number of nitrogens with zero attached hydrogens (tertiary/aromatic N) is 3. The molecule has 1 aromatic carbocycles. The summed E-state index contributed by atoms with van der Waals surface area (Å²) < 4.78 is 5.55. The minimum Gasteiger partial charge on any atom is -0.444 e. The molecule has 0 spiro atoms. The Morgan fingerprint density at radius 3 is 2.62 bits per heavy atom. The van der Waals surface area contributed by atoms with E-state index in [1.165, 1.54) is 0 Å². The maximum atomic E-state index is 5.55. The SMILES string of the molecule is CCNC(=NCc1coc(-c2ccccc2)n1)NCCN(C)C(C)C.I. The first-order valence-electron chi connectivity index (χ1n) is 8.82. The first kappa shape index (κ1) is 22.4. The van der Waals surface area contributed by atoms with E-state index in [2.05, 4.69) is 53.3 Å². The predicted octanol–water partition coefficient (Wildman–Crippen LogP) is 3.35. The Bertz CT molecular complexity index is 657.